The Morgan fingerprint density at radius 2 is 1.67 bits per heavy atom. The topological polar surface area (TPSA) is 79.4 Å². The lowest BCUT2D eigenvalue weighted by atomic mass is 9.83. The van der Waals surface area contributed by atoms with Gasteiger partial charge in [0.25, 0.3) is 0 Å². The van der Waals surface area contributed by atoms with E-state index in [0.29, 0.717) is 80.1 Å². The number of nitrogens with zero attached hydrogens (tertiary/aromatic N) is 3. The first-order valence-corrected chi connectivity index (χ1v) is 18.1. The van der Waals surface area contributed by atoms with Crippen LogP contribution in [0.5, 0.6) is 5.75 Å². The minimum atomic E-state index is -3.69. The summed E-state index contributed by atoms with van der Waals surface area (Å²) in [5.74, 6) is 0.466. The minimum absolute atomic E-state index is 0.0898. The molecule has 2 aromatic rings. The van der Waals surface area contributed by atoms with Crippen LogP contribution in [-0.4, -0.2) is 87.5 Å². The molecule has 5 rings (SSSR count). The smallest absolute Gasteiger partial charge is 0.243 e. The van der Waals surface area contributed by atoms with E-state index in [1.165, 1.54) is 18.9 Å². The molecule has 1 atom stereocenters. The maximum Gasteiger partial charge on any atom is 0.243 e. The number of rotatable bonds is 12. The van der Waals surface area contributed by atoms with Crippen molar-refractivity contribution in [2.75, 3.05) is 53.0 Å². The Labute approximate surface area is 268 Å². The zero-order chi connectivity index (χ0) is 32.0. The number of methoxy groups -OCH3 is 1. The van der Waals surface area contributed by atoms with Crippen LogP contribution >= 0.6 is 0 Å². The fraction of sp³-hybridized carbons (Fsp3) is 0.629. The molecule has 0 saturated carbocycles. The van der Waals surface area contributed by atoms with E-state index in [-0.39, 0.29) is 17.8 Å². The van der Waals surface area contributed by atoms with Gasteiger partial charge in [-0.25, -0.2) is 12.8 Å². The zero-order valence-electron chi connectivity index (χ0n) is 27.2. The Balaban J connectivity index is 1.18. The molecule has 0 bridgehead atoms. The number of carbonyl (C=O) groups is 1. The second kappa shape index (κ2) is 14.9. The highest BCUT2D eigenvalue weighted by atomic mass is 32.2. The van der Waals surface area contributed by atoms with Crippen molar-refractivity contribution in [3.05, 3.63) is 58.9 Å². The molecule has 10 heteroatoms. The lowest BCUT2D eigenvalue weighted by Crippen LogP contribution is -2.47. The van der Waals surface area contributed by atoms with Crippen LogP contribution in [0.15, 0.2) is 41.3 Å². The Morgan fingerprint density at radius 3 is 2.33 bits per heavy atom. The summed E-state index contributed by atoms with van der Waals surface area (Å²) < 4.78 is 55.6. The number of sulfonamides is 1. The maximum absolute atomic E-state index is 14.3. The van der Waals surface area contributed by atoms with Gasteiger partial charge in [0, 0.05) is 38.6 Å². The average molecular weight is 644 g/mol. The van der Waals surface area contributed by atoms with Crippen molar-refractivity contribution in [3.63, 3.8) is 0 Å². The molecule has 0 aliphatic carbocycles. The molecule has 45 heavy (non-hydrogen) atoms. The molecule has 8 nitrogen and oxygen atoms in total. The summed E-state index contributed by atoms with van der Waals surface area (Å²) in [6.07, 6.45) is 7.99. The summed E-state index contributed by atoms with van der Waals surface area (Å²) in [6, 6.07) is 10.1. The molecule has 0 radical (unpaired) electrons. The third-order valence-electron chi connectivity index (χ3n) is 10.00. The quantitative estimate of drug-likeness (QED) is 0.291. The van der Waals surface area contributed by atoms with Crippen molar-refractivity contribution in [2.45, 2.75) is 94.6 Å². The normalized spacial score (nSPS) is 21.2. The van der Waals surface area contributed by atoms with Gasteiger partial charge in [-0.05, 0) is 119 Å². The molecular weight excluding hydrogens is 593 g/mol. The Kier molecular flexibility index (Phi) is 11.2. The molecule has 3 aliphatic heterocycles. The molecule has 0 N–H and O–H groups in total. The van der Waals surface area contributed by atoms with Gasteiger partial charge < -0.3 is 19.3 Å². The van der Waals surface area contributed by atoms with Crippen LogP contribution in [0.1, 0.15) is 80.9 Å². The zero-order valence-corrected chi connectivity index (χ0v) is 28.0. The highest BCUT2D eigenvalue weighted by Crippen LogP contribution is 2.38. The van der Waals surface area contributed by atoms with Gasteiger partial charge in [0.1, 0.15) is 11.6 Å². The third kappa shape index (κ3) is 7.89. The molecule has 0 aromatic heterocycles. The van der Waals surface area contributed by atoms with E-state index in [9.17, 15) is 17.6 Å². The van der Waals surface area contributed by atoms with Crippen LogP contribution in [0.2, 0.25) is 0 Å². The van der Waals surface area contributed by atoms with Crippen molar-refractivity contribution in [1.82, 2.24) is 14.1 Å². The number of piperidine rings is 2. The van der Waals surface area contributed by atoms with Crippen molar-refractivity contribution >= 4 is 15.9 Å². The van der Waals surface area contributed by atoms with Crippen LogP contribution in [0.3, 0.4) is 0 Å². The SMILES string of the molecule is COc1cc(C)c(S(=O)(=O)N2CCCCC2CCCC(=O)N2CCC(OCCN3CCCC3)(c3cccc(F)c3)CC2)c(C)c1. The third-order valence-corrected chi connectivity index (χ3v) is 12.3. The van der Waals surface area contributed by atoms with Gasteiger partial charge in [0.15, 0.2) is 0 Å². The number of carbonyl (C=O) groups excluding carboxylic acids is 1. The van der Waals surface area contributed by atoms with E-state index < -0.39 is 15.6 Å². The molecule has 3 saturated heterocycles. The van der Waals surface area contributed by atoms with Gasteiger partial charge in [0.2, 0.25) is 15.9 Å². The summed E-state index contributed by atoms with van der Waals surface area (Å²) in [5.41, 5.74) is 1.61. The van der Waals surface area contributed by atoms with Gasteiger partial charge in [-0.15, -0.1) is 0 Å². The molecule has 2 aromatic carbocycles. The van der Waals surface area contributed by atoms with Crippen LogP contribution in [0.25, 0.3) is 0 Å². The van der Waals surface area contributed by atoms with E-state index >= 15 is 0 Å². The predicted molar refractivity (Wildman–Crippen MR) is 173 cm³/mol. The average Bonchev–Trinajstić information content (AvgIpc) is 3.54. The predicted octanol–water partition coefficient (Wildman–Crippen LogP) is 5.79. The van der Waals surface area contributed by atoms with Crippen LogP contribution in [-0.2, 0) is 25.2 Å². The molecule has 1 amide bonds. The number of ether oxygens (including phenoxy) is 2. The summed E-state index contributed by atoms with van der Waals surface area (Å²) in [7, 11) is -2.10. The molecule has 3 fully saturated rings. The van der Waals surface area contributed by atoms with E-state index in [2.05, 4.69) is 4.90 Å². The van der Waals surface area contributed by atoms with Crippen molar-refractivity contribution in [3.8, 4) is 5.75 Å². The number of benzene rings is 2. The van der Waals surface area contributed by atoms with Gasteiger partial charge in [-0.1, -0.05) is 18.6 Å². The molecule has 248 valence electrons. The molecule has 1 unspecified atom stereocenters. The summed E-state index contributed by atoms with van der Waals surface area (Å²) >= 11 is 0. The molecular formula is C35H50FN3O5S. The van der Waals surface area contributed by atoms with Gasteiger partial charge in [-0.2, -0.15) is 4.31 Å². The fourth-order valence-corrected chi connectivity index (χ4v) is 9.70. The second-order valence-electron chi connectivity index (χ2n) is 13.0. The first kappa shape index (κ1) is 33.8. The standard InChI is InChI=1S/C35H50FN3O5S/c1-27-24-32(43-3)25-28(2)34(27)45(41,42)39-19-5-4-12-31(39)13-9-14-33(40)38-20-15-35(16-21-38,29-10-8-11-30(36)26-29)44-23-22-37-17-6-7-18-37/h8,10-11,24-26,31H,4-7,9,12-23H2,1-3H3. The highest BCUT2D eigenvalue weighted by Gasteiger charge is 2.39. The molecule has 3 aliphatic rings. The van der Waals surface area contributed by atoms with E-state index in [1.807, 2.05) is 24.8 Å². The minimum Gasteiger partial charge on any atom is -0.497 e. The number of halogens is 1. The van der Waals surface area contributed by atoms with E-state index in [1.54, 1.807) is 35.7 Å². The van der Waals surface area contributed by atoms with Crippen LogP contribution in [0, 0.1) is 19.7 Å². The van der Waals surface area contributed by atoms with Crippen molar-refractivity contribution in [1.29, 1.82) is 0 Å². The Morgan fingerprint density at radius 1 is 0.978 bits per heavy atom. The second-order valence-corrected chi connectivity index (χ2v) is 14.9. The Bertz CT molecular complexity index is 1400. The first-order chi connectivity index (χ1) is 21.6. The molecule has 3 heterocycles. The van der Waals surface area contributed by atoms with Crippen LogP contribution in [0.4, 0.5) is 4.39 Å². The van der Waals surface area contributed by atoms with Gasteiger partial charge in [0.05, 0.1) is 24.2 Å². The molecule has 0 spiro atoms. The van der Waals surface area contributed by atoms with Crippen molar-refractivity contribution < 1.29 is 27.1 Å². The van der Waals surface area contributed by atoms with Crippen molar-refractivity contribution in [2.24, 2.45) is 0 Å². The van der Waals surface area contributed by atoms with Gasteiger partial charge in [-0.3, -0.25) is 4.79 Å². The van der Waals surface area contributed by atoms with Gasteiger partial charge >= 0.3 is 0 Å². The first-order valence-electron chi connectivity index (χ1n) is 16.7. The van der Waals surface area contributed by atoms with E-state index in [0.717, 1.165) is 44.5 Å². The summed E-state index contributed by atoms with van der Waals surface area (Å²) in [5, 5.41) is 0. The number of hydrogen-bond donors (Lipinski definition) is 0. The number of hydrogen-bond acceptors (Lipinski definition) is 6. The number of aryl methyl sites for hydroxylation is 2. The maximum atomic E-state index is 14.3. The fourth-order valence-electron chi connectivity index (χ4n) is 7.56. The summed E-state index contributed by atoms with van der Waals surface area (Å²) in [6.45, 7) is 8.90. The van der Waals surface area contributed by atoms with E-state index in [4.69, 9.17) is 9.47 Å². The lowest BCUT2D eigenvalue weighted by molar-refractivity contribution is -0.140. The Hall–Kier alpha value is -2.53. The highest BCUT2D eigenvalue weighted by molar-refractivity contribution is 7.89. The number of likely N-dealkylation sites (tertiary alicyclic amines) is 2. The largest absolute Gasteiger partial charge is 0.497 e. The number of amides is 1. The van der Waals surface area contributed by atoms with Crippen LogP contribution < -0.4 is 4.74 Å². The lowest BCUT2D eigenvalue weighted by Gasteiger charge is -2.42. The monoisotopic (exact) mass is 643 g/mol. The summed E-state index contributed by atoms with van der Waals surface area (Å²) in [4.78, 5) is 18.0.